The molecule has 72 valence electrons. The van der Waals surface area contributed by atoms with Crippen LogP contribution in [0.15, 0.2) is 12.4 Å². The molecule has 0 unspecified atom stereocenters. The highest BCUT2D eigenvalue weighted by Gasteiger charge is 2.00. The lowest BCUT2D eigenvalue weighted by molar-refractivity contribution is -0.140. The van der Waals surface area contributed by atoms with E-state index >= 15 is 0 Å². The maximum atomic E-state index is 10.7. The summed E-state index contributed by atoms with van der Waals surface area (Å²) in [5.41, 5.74) is 0. The van der Waals surface area contributed by atoms with Gasteiger partial charge in [0.2, 0.25) is 0 Å². The number of aryl methyl sites for hydroxylation is 1. The van der Waals surface area contributed by atoms with Crippen molar-refractivity contribution in [2.24, 2.45) is 0 Å². The summed E-state index contributed by atoms with van der Waals surface area (Å²) in [5, 5.41) is 4.58. The second-order valence-corrected chi connectivity index (χ2v) is 3.04. The van der Waals surface area contributed by atoms with Crippen molar-refractivity contribution in [2.75, 3.05) is 7.11 Å². The van der Waals surface area contributed by atoms with Crippen molar-refractivity contribution in [3.05, 3.63) is 17.4 Å². The first kappa shape index (κ1) is 10.1. The molecular weight excluding hydrogens is 192 g/mol. The Balaban J connectivity index is 2.24. The fourth-order valence-corrected chi connectivity index (χ4v) is 1.10. The average Bonchev–Trinajstić information content (AvgIpc) is 2.51. The van der Waals surface area contributed by atoms with E-state index in [9.17, 15) is 4.79 Å². The molecule has 4 nitrogen and oxygen atoms in total. The highest BCUT2D eigenvalue weighted by Crippen LogP contribution is 2.05. The summed E-state index contributed by atoms with van der Waals surface area (Å²) >= 11 is 5.65. The third-order valence-electron chi connectivity index (χ3n) is 1.60. The second-order valence-electron chi connectivity index (χ2n) is 2.60. The number of rotatable bonds is 4. The van der Waals surface area contributed by atoms with Crippen molar-refractivity contribution < 1.29 is 9.53 Å². The summed E-state index contributed by atoms with van der Waals surface area (Å²) in [7, 11) is 1.38. The number of hydrogen-bond acceptors (Lipinski definition) is 3. The molecule has 0 bridgehead atoms. The molecule has 0 spiro atoms. The van der Waals surface area contributed by atoms with Gasteiger partial charge in [0.15, 0.2) is 0 Å². The molecule has 0 saturated heterocycles. The molecule has 0 saturated carbocycles. The molecule has 0 amide bonds. The molecule has 1 heterocycles. The van der Waals surface area contributed by atoms with E-state index in [0.717, 1.165) is 0 Å². The molecule has 1 rings (SSSR count). The zero-order valence-electron chi connectivity index (χ0n) is 7.36. The third kappa shape index (κ3) is 3.46. The topological polar surface area (TPSA) is 44.1 Å². The number of halogens is 1. The van der Waals surface area contributed by atoms with Crippen LogP contribution < -0.4 is 0 Å². The van der Waals surface area contributed by atoms with E-state index < -0.39 is 0 Å². The van der Waals surface area contributed by atoms with Gasteiger partial charge in [-0.15, -0.1) is 0 Å². The molecular formula is C8H11ClN2O2. The zero-order chi connectivity index (χ0) is 9.68. The Morgan fingerprint density at radius 2 is 2.54 bits per heavy atom. The van der Waals surface area contributed by atoms with Gasteiger partial charge >= 0.3 is 5.97 Å². The second kappa shape index (κ2) is 4.87. The zero-order valence-corrected chi connectivity index (χ0v) is 8.12. The highest BCUT2D eigenvalue weighted by atomic mass is 35.5. The van der Waals surface area contributed by atoms with Crippen LogP contribution in [0, 0.1) is 0 Å². The van der Waals surface area contributed by atoms with E-state index in [-0.39, 0.29) is 5.97 Å². The van der Waals surface area contributed by atoms with Gasteiger partial charge in [-0.05, 0) is 6.42 Å². The summed E-state index contributed by atoms with van der Waals surface area (Å²) < 4.78 is 6.20. The maximum absolute atomic E-state index is 10.7. The van der Waals surface area contributed by atoms with Crippen LogP contribution in [-0.2, 0) is 16.1 Å². The Morgan fingerprint density at radius 3 is 3.08 bits per heavy atom. The van der Waals surface area contributed by atoms with E-state index in [0.29, 0.717) is 24.4 Å². The molecule has 0 radical (unpaired) electrons. The van der Waals surface area contributed by atoms with Crippen LogP contribution in [0.1, 0.15) is 12.8 Å². The van der Waals surface area contributed by atoms with Crippen LogP contribution in [-0.4, -0.2) is 22.9 Å². The fourth-order valence-electron chi connectivity index (χ4n) is 0.948. The van der Waals surface area contributed by atoms with Gasteiger partial charge in [-0.3, -0.25) is 9.48 Å². The number of carbonyl (C=O) groups is 1. The predicted octanol–water partition coefficient (Wildman–Crippen LogP) is 1.49. The third-order valence-corrected chi connectivity index (χ3v) is 1.79. The maximum Gasteiger partial charge on any atom is 0.305 e. The van der Waals surface area contributed by atoms with E-state index in [1.807, 2.05) is 0 Å². The quantitative estimate of drug-likeness (QED) is 0.695. The summed E-state index contributed by atoms with van der Waals surface area (Å²) in [6.45, 7) is 0.682. The molecule has 0 N–H and O–H groups in total. The van der Waals surface area contributed by atoms with Crippen LogP contribution in [0.25, 0.3) is 0 Å². The molecule has 0 fully saturated rings. The first-order valence-corrected chi connectivity index (χ1v) is 4.35. The van der Waals surface area contributed by atoms with E-state index in [1.54, 1.807) is 17.1 Å². The predicted molar refractivity (Wildman–Crippen MR) is 48.5 cm³/mol. The monoisotopic (exact) mass is 202 g/mol. The van der Waals surface area contributed by atoms with Gasteiger partial charge in [-0.1, -0.05) is 11.6 Å². The van der Waals surface area contributed by atoms with Crippen molar-refractivity contribution in [3.8, 4) is 0 Å². The number of esters is 1. The van der Waals surface area contributed by atoms with Crippen LogP contribution in [0.3, 0.4) is 0 Å². The van der Waals surface area contributed by atoms with Gasteiger partial charge in [0.25, 0.3) is 0 Å². The minimum absolute atomic E-state index is 0.196. The molecule has 0 aromatic carbocycles. The number of ether oxygens (including phenoxy) is 1. The minimum Gasteiger partial charge on any atom is -0.469 e. The van der Waals surface area contributed by atoms with Crippen LogP contribution in [0.2, 0.25) is 5.02 Å². The first-order chi connectivity index (χ1) is 6.22. The van der Waals surface area contributed by atoms with Crippen molar-refractivity contribution in [2.45, 2.75) is 19.4 Å². The highest BCUT2D eigenvalue weighted by molar-refractivity contribution is 6.30. The van der Waals surface area contributed by atoms with Gasteiger partial charge < -0.3 is 4.74 Å². The van der Waals surface area contributed by atoms with Gasteiger partial charge in [0, 0.05) is 19.2 Å². The molecule has 5 heteroatoms. The lowest BCUT2D eigenvalue weighted by atomic mass is 10.3. The van der Waals surface area contributed by atoms with Crippen LogP contribution in [0.5, 0.6) is 0 Å². The van der Waals surface area contributed by atoms with Crippen molar-refractivity contribution in [3.63, 3.8) is 0 Å². The van der Waals surface area contributed by atoms with Crippen LogP contribution in [0.4, 0.5) is 0 Å². The van der Waals surface area contributed by atoms with Gasteiger partial charge in [0.05, 0.1) is 18.3 Å². The lowest BCUT2D eigenvalue weighted by Gasteiger charge is -1.99. The molecule has 0 aliphatic rings. The SMILES string of the molecule is COC(=O)CCCn1cc(Cl)cn1. The number of nitrogens with zero attached hydrogens (tertiary/aromatic N) is 2. The normalized spacial score (nSPS) is 10.0. The summed E-state index contributed by atoms with van der Waals surface area (Å²) in [4.78, 5) is 10.7. The van der Waals surface area contributed by atoms with Gasteiger partial charge in [-0.25, -0.2) is 0 Å². The Morgan fingerprint density at radius 1 is 1.77 bits per heavy atom. The first-order valence-electron chi connectivity index (χ1n) is 3.97. The molecule has 0 atom stereocenters. The van der Waals surface area contributed by atoms with E-state index in [2.05, 4.69) is 9.84 Å². The molecule has 13 heavy (non-hydrogen) atoms. The minimum atomic E-state index is -0.196. The number of hydrogen-bond donors (Lipinski definition) is 0. The van der Waals surface area contributed by atoms with Gasteiger partial charge in [-0.2, -0.15) is 5.10 Å². The summed E-state index contributed by atoms with van der Waals surface area (Å²) in [5.74, 6) is -0.196. The van der Waals surface area contributed by atoms with E-state index in [1.165, 1.54) is 7.11 Å². The lowest BCUT2D eigenvalue weighted by Crippen LogP contribution is -2.04. The molecule has 0 aliphatic heterocycles. The Labute approximate surface area is 81.4 Å². The largest absolute Gasteiger partial charge is 0.469 e. The number of aromatic nitrogens is 2. The summed E-state index contributed by atoms with van der Waals surface area (Å²) in [6, 6.07) is 0. The number of methoxy groups -OCH3 is 1. The van der Waals surface area contributed by atoms with Crippen molar-refractivity contribution in [1.29, 1.82) is 0 Å². The Hall–Kier alpha value is -1.03. The Bertz CT molecular complexity index is 285. The van der Waals surface area contributed by atoms with Crippen molar-refractivity contribution in [1.82, 2.24) is 9.78 Å². The number of carbonyl (C=O) groups excluding carboxylic acids is 1. The van der Waals surface area contributed by atoms with Crippen LogP contribution >= 0.6 is 11.6 Å². The van der Waals surface area contributed by atoms with Crippen molar-refractivity contribution >= 4 is 17.6 Å². The summed E-state index contributed by atoms with van der Waals surface area (Å²) in [6.07, 6.45) is 4.41. The smallest absolute Gasteiger partial charge is 0.305 e. The molecule has 1 aromatic rings. The standard InChI is InChI=1S/C8H11ClN2O2/c1-13-8(12)3-2-4-11-6-7(9)5-10-11/h5-6H,2-4H2,1H3. The molecule has 1 aromatic heterocycles. The Kier molecular flexibility index (Phi) is 3.76. The van der Waals surface area contributed by atoms with E-state index in [4.69, 9.17) is 11.6 Å². The average molecular weight is 203 g/mol. The molecule has 0 aliphatic carbocycles. The van der Waals surface area contributed by atoms with Gasteiger partial charge in [0.1, 0.15) is 0 Å². The fraction of sp³-hybridized carbons (Fsp3) is 0.500.